The summed E-state index contributed by atoms with van der Waals surface area (Å²) in [5.41, 5.74) is 0.723. The van der Waals surface area contributed by atoms with Gasteiger partial charge in [0.25, 0.3) is 0 Å². The molecule has 0 radical (unpaired) electrons. The largest absolute Gasteiger partial charge is 0.478 e. The van der Waals surface area contributed by atoms with E-state index >= 15 is 0 Å². The summed E-state index contributed by atoms with van der Waals surface area (Å²) in [7, 11) is 0. The molecule has 0 atom stereocenters. The van der Waals surface area contributed by atoms with E-state index in [9.17, 15) is 4.79 Å². The van der Waals surface area contributed by atoms with E-state index in [1.807, 2.05) is 0 Å². The van der Waals surface area contributed by atoms with Crippen LogP contribution in [0.25, 0.3) is 10.9 Å². The molecule has 0 bridgehead atoms. The van der Waals surface area contributed by atoms with E-state index in [2.05, 4.69) is 4.98 Å². The molecule has 2 N–H and O–H groups in total. The number of aromatic carboxylic acids is 1. The molecule has 0 aliphatic carbocycles. The fraction of sp³-hybridized carbons (Fsp3) is 0. The third-order valence-corrected chi connectivity index (χ3v) is 2.45. The van der Waals surface area contributed by atoms with E-state index in [1.54, 1.807) is 18.2 Å². The molecule has 1 heterocycles. The van der Waals surface area contributed by atoms with Crippen molar-refractivity contribution >= 4 is 40.1 Å². The SMILES string of the molecule is O=C(O)c1c(Cl)[nH]c2ccc(Cl)cc12. The molecular weight excluding hydrogens is 225 g/mol. The molecule has 0 spiro atoms. The summed E-state index contributed by atoms with van der Waals surface area (Å²) in [6, 6.07) is 4.93. The zero-order valence-corrected chi connectivity index (χ0v) is 8.36. The summed E-state index contributed by atoms with van der Waals surface area (Å²) in [5.74, 6) is -1.07. The van der Waals surface area contributed by atoms with Crippen LogP contribution in [0, 0.1) is 0 Å². The van der Waals surface area contributed by atoms with E-state index in [0.717, 1.165) is 0 Å². The molecule has 3 nitrogen and oxygen atoms in total. The molecule has 72 valence electrons. The fourth-order valence-corrected chi connectivity index (χ4v) is 1.80. The average Bonchev–Trinajstić information content (AvgIpc) is 2.40. The Hall–Kier alpha value is -1.19. The fourth-order valence-electron chi connectivity index (χ4n) is 1.34. The molecule has 0 aliphatic heterocycles. The number of aromatic amines is 1. The van der Waals surface area contributed by atoms with Gasteiger partial charge in [-0.3, -0.25) is 0 Å². The van der Waals surface area contributed by atoms with Crippen LogP contribution >= 0.6 is 23.2 Å². The Kier molecular flexibility index (Phi) is 2.13. The van der Waals surface area contributed by atoms with Crippen LogP contribution in [0.4, 0.5) is 0 Å². The Morgan fingerprint density at radius 3 is 2.71 bits per heavy atom. The quantitative estimate of drug-likeness (QED) is 0.790. The highest BCUT2D eigenvalue weighted by Gasteiger charge is 2.16. The second-order valence-electron chi connectivity index (χ2n) is 2.81. The van der Waals surface area contributed by atoms with Crippen molar-refractivity contribution in [1.29, 1.82) is 0 Å². The molecular formula is C9H5Cl2NO2. The maximum atomic E-state index is 10.9. The Bertz CT molecular complexity index is 519. The summed E-state index contributed by atoms with van der Waals surface area (Å²) in [6.45, 7) is 0. The Labute approximate surface area is 89.2 Å². The minimum absolute atomic E-state index is 0.0594. The number of benzene rings is 1. The summed E-state index contributed by atoms with van der Waals surface area (Å²) < 4.78 is 0. The number of aromatic nitrogens is 1. The molecule has 2 rings (SSSR count). The lowest BCUT2D eigenvalue weighted by Crippen LogP contribution is -1.94. The lowest BCUT2D eigenvalue weighted by atomic mass is 10.2. The molecule has 0 saturated heterocycles. The topological polar surface area (TPSA) is 53.1 Å². The molecule has 0 amide bonds. The van der Waals surface area contributed by atoms with Crippen molar-refractivity contribution in [3.05, 3.63) is 33.9 Å². The van der Waals surface area contributed by atoms with Gasteiger partial charge in [-0.15, -0.1) is 0 Å². The van der Waals surface area contributed by atoms with Crippen molar-refractivity contribution in [3.63, 3.8) is 0 Å². The Morgan fingerprint density at radius 1 is 1.36 bits per heavy atom. The highest BCUT2D eigenvalue weighted by Crippen LogP contribution is 2.28. The zero-order valence-electron chi connectivity index (χ0n) is 6.84. The highest BCUT2D eigenvalue weighted by atomic mass is 35.5. The van der Waals surface area contributed by atoms with Crippen molar-refractivity contribution in [3.8, 4) is 0 Å². The van der Waals surface area contributed by atoms with Crippen LogP contribution in [0.15, 0.2) is 18.2 Å². The first kappa shape index (κ1) is 9.37. The van der Waals surface area contributed by atoms with Crippen molar-refractivity contribution in [2.75, 3.05) is 0 Å². The third-order valence-electron chi connectivity index (χ3n) is 1.93. The Balaban J connectivity index is 2.86. The van der Waals surface area contributed by atoms with Gasteiger partial charge in [0, 0.05) is 15.9 Å². The predicted molar refractivity (Wildman–Crippen MR) is 55.3 cm³/mol. The second kappa shape index (κ2) is 3.19. The monoisotopic (exact) mass is 229 g/mol. The van der Waals surface area contributed by atoms with Gasteiger partial charge >= 0.3 is 5.97 Å². The van der Waals surface area contributed by atoms with Crippen molar-refractivity contribution < 1.29 is 9.90 Å². The van der Waals surface area contributed by atoms with E-state index in [1.165, 1.54) is 0 Å². The van der Waals surface area contributed by atoms with E-state index < -0.39 is 5.97 Å². The second-order valence-corrected chi connectivity index (χ2v) is 3.62. The Morgan fingerprint density at radius 2 is 2.07 bits per heavy atom. The molecule has 0 aliphatic rings. The number of fused-ring (bicyclic) bond motifs is 1. The zero-order chi connectivity index (χ0) is 10.3. The van der Waals surface area contributed by atoms with Crippen LogP contribution in [0.2, 0.25) is 10.2 Å². The summed E-state index contributed by atoms with van der Waals surface area (Å²) in [5, 5.41) is 10.0. The maximum Gasteiger partial charge on any atom is 0.339 e. The van der Waals surface area contributed by atoms with Gasteiger partial charge < -0.3 is 10.1 Å². The van der Waals surface area contributed by atoms with Gasteiger partial charge in [0.05, 0.1) is 0 Å². The summed E-state index contributed by atoms with van der Waals surface area (Å²) >= 11 is 11.5. The number of nitrogens with one attached hydrogen (secondary N) is 1. The summed E-state index contributed by atoms with van der Waals surface area (Å²) in [4.78, 5) is 13.6. The average molecular weight is 230 g/mol. The molecule has 0 saturated carbocycles. The smallest absolute Gasteiger partial charge is 0.339 e. The molecule has 1 aromatic heterocycles. The molecule has 0 unspecified atom stereocenters. The van der Waals surface area contributed by atoms with Crippen LogP contribution in [-0.4, -0.2) is 16.1 Å². The van der Waals surface area contributed by atoms with Crippen molar-refractivity contribution in [1.82, 2.24) is 4.98 Å². The molecule has 2 aromatic rings. The van der Waals surface area contributed by atoms with Crippen molar-refractivity contribution in [2.24, 2.45) is 0 Å². The number of halogens is 2. The normalized spacial score (nSPS) is 10.7. The minimum atomic E-state index is -1.07. The maximum absolute atomic E-state index is 10.9. The highest BCUT2D eigenvalue weighted by molar-refractivity contribution is 6.35. The number of rotatable bonds is 1. The molecule has 5 heteroatoms. The lowest BCUT2D eigenvalue weighted by Gasteiger charge is -1.93. The van der Waals surface area contributed by atoms with Gasteiger partial charge in [-0.05, 0) is 18.2 Å². The van der Waals surface area contributed by atoms with Crippen LogP contribution in [0.1, 0.15) is 10.4 Å². The molecule has 0 fully saturated rings. The van der Waals surface area contributed by atoms with Crippen LogP contribution in [-0.2, 0) is 0 Å². The van der Waals surface area contributed by atoms with Crippen LogP contribution in [0.3, 0.4) is 0 Å². The van der Waals surface area contributed by atoms with Gasteiger partial charge in [-0.2, -0.15) is 0 Å². The molecule has 1 aromatic carbocycles. The number of H-pyrrole nitrogens is 1. The molecule has 14 heavy (non-hydrogen) atoms. The number of carboxylic acid groups (broad SMARTS) is 1. The number of carboxylic acids is 1. The number of hydrogen-bond donors (Lipinski definition) is 2. The first-order chi connectivity index (χ1) is 6.59. The van der Waals surface area contributed by atoms with Crippen LogP contribution < -0.4 is 0 Å². The minimum Gasteiger partial charge on any atom is -0.478 e. The van der Waals surface area contributed by atoms with Crippen LogP contribution in [0.5, 0.6) is 0 Å². The van der Waals surface area contributed by atoms with Gasteiger partial charge in [0.15, 0.2) is 0 Å². The van der Waals surface area contributed by atoms with Gasteiger partial charge in [-0.1, -0.05) is 23.2 Å². The van der Waals surface area contributed by atoms with Gasteiger partial charge in [0.2, 0.25) is 0 Å². The van der Waals surface area contributed by atoms with E-state index in [-0.39, 0.29) is 10.7 Å². The predicted octanol–water partition coefficient (Wildman–Crippen LogP) is 3.17. The number of hydrogen-bond acceptors (Lipinski definition) is 1. The van der Waals surface area contributed by atoms with E-state index in [0.29, 0.717) is 15.9 Å². The van der Waals surface area contributed by atoms with Gasteiger partial charge in [-0.25, -0.2) is 4.79 Å². The third kappa shape index (κ3) is 1.35. The first-order valence-corrected chi connectivity index (χ1v) is 4.55. The number of carbonyl (C=O) groups is 1. The lowest BCUT2D eigenvalue weighted by molar-refractivity contribution is 0.0699. The van der Waals surface area contributed by atoms with Crippen molar-refractivity contribution in [2.45, 2.75) is 0 Å². The standard InChI is InChI=1S/C9H5Cl2NO2/c10-4-1-2-6-5(3-4)7(9(13)14)8(11)12-6/h1-3,12H,(H,13,14). The summed E-state index contributed by atoms with van der Waals surface area (Å²) in [6.07, 6.45) is 0. The van der Waals surface area contributed by atoms with Gasteiger partial charge in [0.1, 0.15) is 10.7 Å². The first-order valence-electron chi connectivity index (χ1n) is 3.79. The van der Waals surface area contributed by atoms with E-state index in [4.69, 9.17) is 28.3 Å².